The van der Waals surface area contributed by atoms with Crippen molar-refractivity contribution < 1.29 is 9.94 Å². The lowest BCUT2D eigenvalue weighted by Crippen LogP contribution is -2.13. The fourth-order valence-electron chi connectivity index (χ4n) is 1.82. The van der Waals surface area contributed by atoms with Gasteiger partial charge < -0.3 is 21.0 Å². The van der Waals surface area contributed by atoms with E-state index in [9.17, 15) is 0 Å². The average Bonchev–Trinajstić information content (AvgIpc) is 2.53. The van der Waals surface area contributed by atoms with Crippen molar-refractivity contribution in [2.75, 3.05) is 12.4 Å². The Kier molecular flexibility index (Phi) is 5.05. The molecule has 2 rings (SSSR count). The minimum absolute atomic E-state index is 0.104. The Morgan fingerprint density at radius 2 is 2.00 bits per heavy atom. The van der Waals surface area contributed by atoms with Gasteiger partial charge in [-0.1, -0.05) is 29.4 Å². The van der Waals surface area contributed by atoms with E-state index in [1.165, 1.54) is 0 Å². The quantitative estimate of drug-likeness (QED) is 0.335. The first-order valence-corrected chi connectivity index (χ1v) is 7.07. The van der Waals surface area contributed by atoms with Crippen LogP contribution in [0, 0.1) is 0 Å². The molecule has 0 bridgehead atoms. The molecule has 0 saturated carbocycles. The number of benzene rings is 2. The molecule has 0 heterocycles. The second-order valence-electron chi connectivity index (χ2n) is 4.39. The highest BCUT2D eigenvalue weighted by Crippen LogP contribution is 2.28. The molecule has 0 saturated heterocycles. The summed E-state index contributed by atoms with van der Waals surface area (Å²) in [6.07, 6.45) is 0. The van der Waals surface area contributed by atoms with E-state index < -0.39 is 0 Å². The summed E-state index contributed by atoms with van der Waals surface area (Å²) in [5.74, 6) is 0.884. The molecule has 0 fully saturated rings. The zero-order chi connectivity index (χ0) is 15.2. The third-order valence-electron chi connectivity index (χ3n) is 3.01. The van der Waals surface area contributed by atoms with Crippen molar-refractivity contribution >= 4 is 27.5 Å². The van der Waals surface area contributed by atoms with Crippen LogP contribution in [0.4, 0.5) is 5.69 Å². The lowest BCUT2D eigenvalue weighted by molar-refractivity contribution is 0.318. The molecule has 0 unspecified atom stereocenters. The number of rotatable bonds is 5. The molecule has 110 valence electrons. The van der Waals surface area contributed by atoms with Crippen LogP contribution in [0.15, 0.2) is 52.1 Å². The van der Waals surface area contributed by atoms with E-state index in [-0.39, 0.29) is 5.84 Å². The van der Waals surface area contributed by atoms with Gasteiger partial charge in [0.25, 0.3) is 0 Å². The minimum atomic E-state index is 0.104. The molecule has 0 aliphatic heterocycles. The number of methoxy groups -OCH3 is 1. The number of anilines is 1. The van der Waals surface area contributed by atoms with Gasteiger partial charge in [-0.05, 0) is 33.6 Å². The van der Waals surface area contributed by atoms with Crippen LogP contribution >= 0.6 is 15.9 Å². The maximum absolute atomic E-state index is 8.62. The van der Waals surface area contributed by atoms with E-state index in [1.54, 1.807) is 7.11 Å². The van der Waals surface area contributed by atoms with Gasteiger partial charge in [0.05, 0.1) is 11.6 Å². The molecular weight excluding hydrogens is 334 g/mol. The fourth-order valence-corrected chi connectivity index (χ4v) is 2.23. The summed E-state index contributed by atoms with van der Waals surface area (Å²) >= 11 is 3.42. The molecule has 5 nitrogen and oxygen atoms in total. The predicted octanol–water partition coefficient (Wildman–Crippen LogP) is 3.16. The van der Waals surface area contributed by atoms with Gasteiger partial charge in [-0.3, -0.25) is 0 Å². The summed E-state index contributed by atoms with van der Waals surface area (Å²) in [7, 11) is 1.63. The Morgan fingerprint density at radius 1 is 1.29 bits per heavy atom. The van der Waals surface area contributed by atoms with Gasteiger partial charge in [-0.25, -0.2) is 0 Å². The standard InChI is InChI=1S/C15H16BrN3O2/c1-21-14-8-12(6-7-13(14)16)18-9-10-2-4-11(5-3-10)15(17)19-20/h2-8,18,20H,9H2,1H3,(H2,17,19). The Labute approximate surface area is 131 Å². The number of amidine groups is 1. The highest BCUT2D eigenvalue weighted by Gasteiger charge is 2.02. The Hall–Kier alpha value is -2.21. The molecule has 0 radical (unpaired) electrons. The third-order valence-corrected chi connectivity index (χ3v) is 3.66. The molecule has 0 spiro atoms. The van der Waals surface area contributed by atoms with Crippen LogP contribution in [0.1, 0.15) is 11.1 Å². The highest BCUT2D eigenvalue weighted by atomic mass is 79.9. The first-order chi connectivity index (χ1) is 10.1. The first-order valence-electron chi connectivity index (χ1n) is 6.28. The van der Waals surface area contributed by atoms with Crippen LogP contribution in [0.3, 0.4) is 0 Å². The number of halogens is 1. The lowest BCUT2D eigenvalue weighted by Gasteiger charge is -2.10. The number of hydrogen-bond donors (Lipinski definition) is 3. The van der Waals surface area contributed by atoms with Gasteiger partial charge in [0.2, 0.25) is 0 Å². The van der Waals surface area contributed by atoms with Gasteiger partial charge >= 0.3 is 0 Å². The van der Waals surface area contributed by atoms with E-state index in [0.717, 1.165) is 21.5 Å². The SMILES string of the molecule is COc1cc(NCc2ccc(/C(N)=N/O)cc2)ccc1Br. The summed E-state index contributed by atoms with van der Waals surface area (Å²) < 4.78 is 6.17. The van der Waals surface area contributed by atoms with Crippen LogP contribution in [0.2, 0.25) is 0 Å². The normalized spacial score (nSPS) is 11.2. The van der Waals surface area contributed by atoms with E-state index >= 15 is 0 Å². The van der Waals surface area contributed by atoms with Crippen molar-refractivity contribution in [2.45, 2.75) is 6.54 Å². The number of nitrogens with zero attached hydrogens (tertiary/aromatic N) is 1. The minimum Gasteiger partial charge on any atom is -0.495 e. The number of hydrogen-bond acceptors (Lipinski definition) is 4. The lowest BCUT2D eigenvalue weighted by atomic mass is 10.1. The molecule has 2 aromatic carbocycles. The maximum atomic E-state index is 8.62. The van der Waals surface area contributed by atoms with E-state index in [2.05, 4.69) is 26.4 Å². The zero-order valence-corrected chi connectivity index (χ0v) is 13.1. The van der Waals surface area contributed by atoms with Crippen molar-refractivity contribution in [3.8, 4) is 5.75 Å². The Balaban J connectivity index is 2.03. The highest BCUT2D eigenvalue weighted by molar-refractivity contribution is 9.10. The van der Waals surface area contributed by atoms with Gasteiger partial charge in [-0.15, -0.1) is 0 Å². The van der Waals surface area contributed by atoms with Gasteiger partial charge in [0.15, 0.2) is 5.84 Å². The van der Waals surface area contributed by atoms with Crippen LogP contribution in [0.25, 0.3) is 0 Å². The molecule has 2 aromatic rings. The van der Waals surface area contributed by atoms with Crippen molar-refractivity contribution in [3.05, 3.63) is 58.1 Å². The monoisotopic (exact) mass is 349 g/mol. The number of nitrogens with one attached hydrogen (secondary N) is 1. The molecule has 0 atom stereocenters. The van der Waals surface area contributed by atoms with Crippen LogP contribution in [-0.2, 0) is 6.54 Å². The summed E-state index contributed by atoms with van der Waals surface area (Å²) in [6, 6.07) is 13.3. The van der Waals surface area contributed by atoms with Crippen molar-refractivity contribution in [2.24, 2.45) is 10.9 Å². The first kappa shape index (κ1) is 15.2. The van der Waals surface area contributed by atoms with Crippen LogP contribution < -0.4 is 15.8 Å². The molecule has 4 N–H and O–H groups in total. The molecule has 6 heteroatoms. The third kappa shape index (κ3) is 3.88. The van der Waals surface area contributed by atoms with Crippen LogP contribution in [0.5, 0.6) is 5.75 Å². The maximum Gasteiger partial charge on any atom is 0.170 e. The molecule has 0 aliphatic rings. The Morgan fingerprint density at radius 3 is 2.62 bits per heavy atom. The summed E-state index contributed by atoms with van der Waals surface area (Å²) in [5, 5.41) is 14.9. The Bertz CT molecular complexity index is 642. The van der Waals surface area contributed by atoms with Gasteiger partial charge in [0, 0.05) is 23.9 Å². The smallest absolute Gasteiger partial charge is 0.170 e. The molecule has 0 amide bonds. The van der Waals surface area contributed by atoms with Crippen molar-refractivity contribution in [1.82, 2.24) is 0 Å². The second kappa shape index (κ2) is 6.99. The fraction of sp³-hybridized carbons (Fsp3) is 0.133. The number of ether oxygens (including phenoxy) is 1. The predicted molar refractivity (Wildman–Crippen MR) is 87.0 cm³/mol. The number of nitrogens with two attached hydrogens (primary N) is 1. The van der Waals surface area contributed by atoms with E-state index in [0.29, 0.717) is 12.1 Å². The van der Waals surface area contributed by atoms with E-state index in [1.807, 2.05) is 42.5 Å². The zero-order valence-electron chi connectivity index (χ0n) is 11.5. The molecular formula is C15H16BrN3O2. The van der Waals surface area contributed by atoms with Crippen LogP contribution in [-0.4, -0.2) is 18.2 Å². The summed E-state index contributed by atoms with van der Waals surface area (Å²) in [6.45, 7) is 0.668. The average molecular weight is 350 g/mol. The second-order valence-corrected chi connectivity index (χ2v) is 5.24. The number of oxime groups is 1. The van der Waals surface area contributed by atoms with Gasteiger partial charge in [0.1, 0.15) is 5.75 Å². The van der Waals surface area contributed by atoms with E-state index in [4.69, 9.17) is 15.7 Å². The molecule has 0 aliphatic carbocycles. The molecule has 0 aromatic heterocycles. The molecule has 21 heavy (non-hydrogen) atoms. The summed E-state index contributed by atoms with van der Waals surface area (Å²) in [5.41, 5.74) is 8.27. The van der Waals surface area contributed by atoms with Crippen molar-refractivity contribution in [1.29, 1.82) is 0 Å². The topological polar surface area (TPSA) is 79.9 Å². The van der Waals surface area contributed by atoms with Gasteiger partial charge in [-0.2, -0.15) is 0 Å². The van der Waals surface area contributed by atoms with Crippen molar-refractivity contribution in [3.63, 3.8) is 0 Å². The largest absolute Gasteiger partial charge is 0.495 e. The summed E-state index contributed by atoms with van der Waals surface area (Å²) in [4.78, 5) is 0.